The van der Waals surface area contributed by atoms with Gasteiger partial charge >= 0.3 is 0 Å². The van der Waals surface area contributed by atoms with Gasteiger partial charge in [-0.3, -0.25) is 9.59 Å². The van der Waals surface area contributed by atoms with Gasteiger partial charge in [-0.15, -0.1) is 0 Å². The summed E-state index contributed by atoms with van der Waals surface area (Å²) in [4.78, 5) is 24.7. The number of hydrogen-bond acceptors (Lipinski definition) is 4. The maximum Gasteiger partial charge on any atom is 0.240 e. The van der Waals surface area contributed by atoms with Crippen molar-refractivity contribution in [3.8, 4) is 0 Å². The molecule has 3 rings (SSSR count). The Labute approximate surface area is 158 Å². The van der Waals surface area contributed by atoms with Gasteiger partial charge in [0.05, 0.1) is 10.8 Å². The Bertz CT molecular complexity index is 969. The van der Waals surface area contributed by atoms with Crippen LogP contribution in [0.25, 0.3) is 0 Å². The first-order valence-electron chi connectivity index (χ1n) is 8.58. The Kier molecular flexibility index (Phi) is 5.29. The summed E-state index contributed by atoms with van der Waals surface area (Å²) >= 11 is 0. The minimum atomic E-state index is -3.59. The number of carbonyl (C=O) groups excluding carboxylic acids is 2. The van der Waals surface area contributed by atoms with E-state index in [0.29, 0.717) is 11.4 Å². The molecule has 3 N–H and O–H groups in total. The molecular weight excluding hydrogens is 366 g/mol. The average Bonchev–Trinajstić information content (AvgIpc) is 2.60. The molecule has 0 radical (unpaired) electrons. The zero-order valence-corrected chi connectivity index (χ0v) is 15.8. The highest BCUT2D eigenvalue weighted by Crippen LogP contribution is 2.32. The second-order valence-corrected chi connectivity index (χ2v) is 8.40. The van der Waals surface area contributed by atoms with E-state index in [2.05, 4.69) is 15.4 Å². The van der Waals surface area contributed by atoms with Crippen molar-refractivity contribution >= 4 is 33.2 Å². The molecule has 27 heavy (non-hydrogen) atoms. The molecule has 142 valence electrons. The van der Waals surface area contributed by atoms with Crippen molar-refractivity contribution in [2.45, 2.75) is 37.1 Å². The van der Waals surface area contributed by atoms with Gasteiger partial charge in [0.1, 0.15) is 0 Å². The van der Waals surface area contributed by atoms with Gasteiger partial charge in [0.2, 0.25) is 21.8 Å². The monoisotopic (exact) mass is 387 g/mol. The Hall–Kier alpha value is -2.71. The fraction of sp³-hybridized carbons (Fsp3) is 0.263. The minimum absolute atomic E-state index is 0.0631. The van der Waals surface area contributed by atoms with Crippen LogP contribution < -0.4 is 15.4 Å². The molecule has 0 spiro atoms. The molecule has 1 atom stereocenters. The molecule has 0 bridgehead atoms. The quantitative estimate of drug-likeness (QED) is 0.733. The molecule has 2 aromatic carbocycles. The highest BCUT2D eigenvalue weighted by molar-refractivity contribution is 7.89. The van der Waals surface area contributed by atoms with Crippen LogP contribution in [0.4, 0.5) is 11.4 Å². The van der Waals surface area contributed by atoms with Gasteiger partial charge < -0.3 is 10.6 Å². The molecule has 1 aliphatic rings. The topological polar surface area (TPSA) is 104 Å². The van der Waals surface area contributed by atoms with Crippen molar-refractivity contribution in [3.05, 3.63) is 54.1 Å². The van der Waals surface area contributed by atoms with E-state index in [1.165, 1.54) is 24.3 Å². The van der Waals surface area contributed by atoms with Crippen LogP contribution in [0.5, 0.6) is 0 Å². The van der Waals surface area contributed by atoms with Crippen molar-refractivity contribution in [1.29, 1.82) is 0 Å². The van der Waals surface area contributed by atoms with Crippen molar-refractivity contribution in [2.75, 3.05) is 10.6 Å². The molecule has 0 saturated carbocycles. The number of fused-ring (bicyclic) bond motifs is 1. The number of anilines is 2. The van der Waals surface area contributed by atoms with E-state index in [1.54, 1.807) is 26.0 Å². The summed E-state index contributed by atoms with van der Waals surface area (Å²) in [5, 5.41) is 5.51. The van der Waals surface area contributed by atoms with Crippen LogP contribution in [-0.4, -0.2) is 26.3 Å². The van der Waals surface area contributed by atoms with Crippen molar-refractivity contribution in [2.24, 2.45) is 0 Å². The highest BCUT2D eigenvalue weighted by Gasteiger charge is 2.30. The Morgan fingerprint density at radius 3 is 2.44 bits per heavy atom. The summed E-state index contributed by atoms with van der Waals surface area (Å²) in [6.45, 7) is 3.48. The van der Waals surface area contributed by atoms with Crippen LogP contribution in [-0.2, 0) is 19.6 Å². The third-order valence-corrected chi connectivity index (χ3v) is 5.81. The van der Waals surface area contributed by atoms with Gasteiger partial charge in [-0.25, -0.2) is 13.1 Å². The summed E-state index contributed by atoms with van der Waals surface area (Å²) in [5.41, 5.74) is 1.86. The van der Waals surface area contributed by atoms with Gasteiger partial charge in [0, 0.05) is 23.8 Å². The largest absolute Gasteiger partial charge is 0.326 e. The number of benzene rings is 2. The zero-order valence-electron chi connectivity index (χ0n) is 15.0. The lowest BCUT2D eigenvalue weighted by Gasteiger charge is -2.24. The smallest absolute Gasteiger partial charge is 0.240 e. The van der Waals surface area contributed by atoms with E-state index in [0.717, 1.165) is 5.56 Å². The summed E-state index contributed by atoms with van der Waals surface area (Å²) in [6, 6.07) is 12.9. The van der Waals surface area contributed by atoms with Crippen LogP contribution in [0.1, 0.15) is 31.7 Å². The van der Waals surface area contributed by atoms with Gasteiger partial charge in [0.15, 0.2) is 0 Å². The van der Waals surface area contributed by atoms with Crippen LogP contribution in [0, 0.1) is 0 Å². The van der Waals surface area contributed by atoms with E-state index in [1.807, 2.05) is 12.1 Å². The molecule has 0 aromatic heterocycles. The van der Waals surface area contributed by atoms with Crippen LogP contribution >= 0.6 is 0 Å². The zero-order chi connectivity index (χ0) is 19.6. The number of rotatable bonds is 5. The average molecular weight is 387 g/mol. The molecule has 0 fully saturated rings. The molecule has 0 unspecified atom stereocenters. The molecule has 2 aromatic rings. The van der Waals surface area contributed by atoms with Gasteiger partial charge in [0.25, 0.3) is 0 Å². The predicted molar refractivity (Wildman–Crippen MR) is 103 cm³/mol. The number of carbonyl (C=O) groups is 2. The van der Waals surface area contributed by atoms with Crippen LogP contribution in [0.15, 0.2) is 53.4 Å². The maximum absolute atomic E-state index is 12.7. The van der Waals surface area contributed by atoms with Crippen LogP contribution in [0.2, 0.25) is 0 Å². The normalized spacial score (nSPS) is 16.6. The summed E-state index contributed by atoms with van der Waals surface area (Å²) in [5.74, 6) is -1.12. The standard InChI is InChI=1S/C19H21N3O4S/c1-12(2)22-27(25,26)14-9-7-13(8-10-14)20-19(24)16-11-18(23)21-17-6-4-3-5-15(16)17/h3-10,12,16,22H,11H2,1-2H3,(H,20,24)(H,21,23)/t16-/m0/s1. The van der Waals surface area contributed by atoms with Gasteiger partial charge in [-0.05, 0) is 49.7 Å². The lowest BCUT2D eigenvalue weighted by atomic mass is 9.90. The van der Waals surface area contributed by atoms with E-state index < -0.39 is 15.9 Å². The van der Waals surface area contributed by atoms with E-state index >= 15 is 0 Å². The first-order chi connectivity index (χ1) is 12.8. The summed E-state index contributed by atoms with van der Waals surface area (Å²) in [6.07, 6.45) is 0.0631. The fourth-order valence-corrected chi connectivity index (χ4v) is 4.22. The van der Waals surface area contributed by atoms with Crippen LogP contribution in [0.3, 0.4) is 0 Å². The molecule has 0 saturated heterocycles. The predicted octanol–water partition coefficient (Wildman–Crippen LogP) is 2.44. The number of hydrogen-bond donors (Lipinski definition) is 3. The number of amides is 2. The van der Waals surface area contributed by atoms with Crippen molar-refractivity contribution < 1.29 is 18.0 Å². The lowest BCUT2D eigenvalue weighted by molar-refractivity contribution is -0.123. The van der Waals surface area contributed by atoms with Crippen molar-refractivity contribution in [3.63, 3.8) is 0 Å². The Morgan fingerprint density at radius 2 is 1.78 bits per heavy atom. The Morgan fingerprint density at radius 1 is 1.11 bits per heavy atom. The molecule has 1 aliphatic heterocycles. The van der Waals surface area contributed by atoms with E-state index in [4.69, 9.17) is 0 Å². The molecular formula is C19H21N3O4S. The number of para-hydroxylation sites is 1. The fourth-order valence-electron chi connectivity index (χ4n) is 2.97. The third kappa shape index (κ3) is 4.35. The summed E-state index contributed by atoms with van der Waals surface area (Å²) < 4.78 is 26.8. The van der Waals surface area contributed by atoms with Gasteiger partial charge in [-0.1, -0.05) is 18.2 Å². The highest BCUT2D eigenvalue weighted by atomic mass is 32.2. The van der Waals surface area contributed by atoms with Crippen molar-refractivity contribution in [1.82, 2.24) is 4.72 Å². The number of nitrogens with one attached hydrogen (secondary N) is 3. The third-order valence-electron chi connectivity index (χ3n) is 4.14. The van der Waals surface area contributed by atoms with E-state index in [9.17, 15) is 18.0 Å². The SMILES string of the molecule is CC(C)NS(=O)(=O)c1ccc(NC(=O)[C@H]2CC(=O)Nc3ccccc32)cc1. The maximum atomic E-state index is 12.7. The molecule has 7 nitrogen and oxygen atoms in total. The molecule has 0 aliphatic carbocycles. The van der Waals surface area contributed by atoms with E-state index in [-0.39, 0.29) is 29.2 Å². The first kappa shape index (κ1) is 19.1. The molecule has 8 heteroatoms. The molecule has 2 amide bonds. The first-order valence-corrected chi connectivity index (χ1v) is 10.1. The second-order valence-electron chi connectivity index (χ2n) is 6.68. The second kappa shape index (κ2) is 7.50. The number of sulfonamides is 1. The van der Waals surface area contributed by atoms with Gasteiger partial charge in [-0.2, -0.15) is 0 Å². The summed E-state index contributed by atoms with van der Waals surface area (Å²) in [7, 11) is -3.59. The molecule has 1 heterocycles. The lowest BCUT2D eigenvalue weighted by Crippen LogP contribution is -2.31. The minimum Gasteiger partial charge on any atom is -0.326 e. The Balaban J connectivity index is 1.76.